The molecule has 0 radical (unpaired) electrons. The molecule has 1 unspecified atom stereocenters. The second-order valence-corrected chi connectivity index (χ2v) is 6.94. The van der Waals surface area contributed by atoms with E-state index < -0.39 is 0 Å². The summed E-state index contributed by atoms with van der Waals surface area (Å²) < 4.78 is 5.67. The van der Waals surface area contributed by atoms with E-state index in [2.05, 4.69) is 67.5 Å². The van der Waals surface area contributed by atoms with Gasteiger partial charge in [-0.05, 0) is 56.0 Å². The molecule has 114 valence electrons. The first kappa shape index (κ1) is 15.2. The maximum absolute atomic E-state index is 5.67. The van der Waals surface area contributed by atoms with Crippen molar-refractivity contribution >= 4 is 22.5 Å². The van der Waals surface area contributed by atoms with Gasteiger partial charge in [-0.1, -0.05) is 36.4 Å². The van der Waals surface area contributed by atoms with E-state index in [-0.39, 0.29) is 0 Å². The van der Waals surface area contributed by atoms with Crippen LogP contribution in [0.1, 0.15) is 17.4 Å². The zero-order chi connectivity index (χ0) is 15.4. The zero-order valence-electron chi connectivity index (χ0n) is 13.0. The molecule has 0 bridgehead atoms. The number of thioether (sulfide) groups is 1. The monoisotopic (exact) mass is 311 g/mol. The van der Waals surface area contributed by atoms with E-state index in [4.69, 9.17) is 4.42 Å². The van der Waals surface area contributed by atoms with E-state index in [9.17, 15) is 0 Å². The van der Waals surface area contributed by atoms with E-state index in [0.717, 1.165) is 18.7 Å². The average Bonchev–Trinajstić information content (AvgIpc) is 3.05. The first-order valence-electron chi connectivity index (χ1n) is 7.56. The van der Waals surface area contributed by atoms with Gasteiger partial charge < -0.3 is 9.32 Å². The van der Waals surface area contributed by atoms with Gasteiger partial charge in [-0.3, -0.25) is 0 Å². The van der Waals surface area contributed by atoms with Gasteiger partial charge in [0.05, 0.1) is 11.5 Å². The molecule has 0 aliphatic rings. The first-order valence-corrected chi connectivity index (χ1v) is 8.44. The molecule has 2 nitrogen and oxygen atoms in total. The molecule has 1 heterocycles. The summed E-state index contributed by atoms with van der Waals surface area (Å²) in [5.74, 6) is 1.06. The molecule has 3 rings (SSSR count). The van der Waals surface area contributed by atoms with Gasteiger partial charge >= 0.3 is 0 Å². The standard InChI is InChI=1S/C19H21NOS/c1-20(2)13-12-19(17-10-6-14-21-17)22-18-11-5-8-15-7-3-4-9-16(15)18/h3-11,14,19H,12-13H2,1-2H3. The van der Waals surface area contributed by atoms with Crippen LogP contribution in [0.3, 0.4) is 0 Å². The number of furan rings is 1. The molecule has 1 atom stereocenters. The molecule has 0 saturated heterocycles. The van der Waals surface area contributed by atoms with Crippen LogP contribution in [0.5, 0.6) is 0 Å². The van der Waals surface area contributed by atoms with Gasteiger partial charge in [-0.15, -0.1) is 11.8 Å². The molecule has 0 aliphatic heterocycles. The van der Waals surface area contributed by atoms with Crippen LogP contribution in [0.25, 0.3) is 10.8 Å². The number of rotatable bonds is 6. The highest BCUT2D eigenvalue weighted by molar-refractivity contribution is 7.99. The minimum atomic E-state index is 0.336. The first-order chi connectivity index (χ1) is 10.7. The Hall–Kier alpha value is -1.71. The topological polar surface area (TPSA) is 16.4 Å². The molecule has 1 aromatic heterocycles. The Morgan fingerprint density at radius 3 is 2.59 bits per heavy atom. The highest BCUT2D eigenvalue weighted by atomic mass is 32.2. The van der Waals surface area contributed by atoms with Crippen LogP contribution in [-0.2, 0) is 0 Å². The summed E-state index contributed by atoms with van der Waals surface area (Å²) in [6.45, 7) is 1.04. The molecule has 0 amide bonds. The lowest BCUT2D eigenvalue weighted by Crippen LogP contribution is -2.14. The maximum Gasteiger partial charge on any atom is 0.117 e. The van der Waals surface area contributed by atoms with Crippen LogP contribution in [0, 0.1) is 0 Å². The Kier molecular flexibility index (Phi) is 4.86. The number of fused-ring (bicyclic) bond motifs is 1. The van der Waals surface area contributed by atoms with Crippen LogP contribution >= 0.6 is 11.8 Å². The van der Waals surface area contributed by atoms with Crippen LogP contribution in [0.4, 0.5) is 0 Å². The predicted molar refractivity (Wildman–Crippen MR) is 94.4 cm³/mol. The molecular formula is C19H21NOS. The van der Waals surface area contributed by atoms with Crippen molar-refractivity contribution in [1.29, 1.82) is 0 Å². The third kappa shape index (κ3) is 3.54. The molecule has 0 N–H and O–H groups in total. The Balaban J connectivity index is 1.88. The third-order valence-corrected chi connectivity index (χ3v) is 5.08. The summed E-state index contributed by atoms with van der Waals surface area (Å²) in [5, 5.41) is 2.94. The molecular weight excluding hydrogens is 290 g/mol. The normalized spacial score (nSPS) is 12.9. The Morgan fingerprint density at radius 2 is 1.82 bits per heavy atom. The molecule has 2 aromatic carbocycles. The van der Waals surface area contributed by atoms with E-state index in [1.54, 1.807) is 6.26 Å². The minimum absolute atomic E-state index is 0.336. The Bertz CT molecular complexity index is 716. The van der Waals surface area contributed by atoms with Crippen molar-refractivity contribution in [3.8, 4) is 0 Å². The average molecular weight is 311 g/mol. The lowest BCUT2D eigenvalue weighted by atomic mass is 10.1. The molecule has 22 heavy (non-hydrogen) atoms. The molecule has 0 spiro atoms. The quantitative estimate of drug-likeness (QED) is 0.581. The third-order valence-electron chi connectivity index (χ3n) is 3.72. The second kappa shape index (κ2) is 7.03. The summed E-state index contributed by atoms with van der Waals surface area (Å²) in [5.41, 5.74) is 0. The lowest BCUT2D eigenvalue weighted by molar-refractivity contribution is 0.387. The summed E-state index contributed by atoms with van der Waals surface area (Å²) in [4.78, 5) is 3.54. The predicted octanol–water partition coefficient (Wildman–Crippen LogP) is 5.22. The molecule has 0 aliphatic carbocycles. The van der Waals surface area contributed by atoms with Crippen molar-refractivity contribution in [2.24, 2.45) is 0 Å². The van der Waals surface area contributed by atoms with Crippen molar-refractivity contribution in [2.45, 2.75) is 16.6 Å². The summed E-state index contributed by atoms with van der Waals surface area (Å²) >= 11 is 1.90. The summed E-state index contributed by atoms with van der Waals surface area (Å²) in [6.07, 6.45) is 2.83. The van der Waals surface area contributed by atoms with E-state index in [1.807, 2.05) is 17.8 Å². The van der Waals surface area contributed by atoms with Crippen molar-refractivity contribution < 1.29 is 4.42 Å². The molecule has 0 fully saturated rings. The van der Waals surface area contributed by atoms with Gasteiger partial charge in [0.25, 0.3) is 0 Å². The Morgan fingerprint density at radius 1 is 1.00 bits per heavy atom. The van der Waals surface area contributed by atoms with Crippen molar-refractivity contribution in [3.05, 3.63) is 66.6 Å². The van der Waals surface area contributed by atoms with Gasteiger partial charge in [0.2, 0.25) is 0 Å². The maximum atomic E-state index is 5.67. The van der Waals surface area contributed by atoms with Gasteiger partial charge in [0, 0.05) is 4.90 Å². The number of benzene rings is 2. The molecule has 3 heteroatoms. The largest absolute Gasteiger partial charge is 0.468 e. The molecule has 3 aromatic rings. The van der Waals surface area contributed by atoms with Crippen molar-refractivity contribution in [3.63, 3.8) is 0 Å². The number of hydrogen-bond donors (Lipinski definition) is 0. The van der Waals surface area contributed by atoms with Gasteiger partial charge in [-0.2, -0.15) is 0 Å². The minimum Gasteiger partial charge on any atom is -0.468 e. The highest BCUT2D eigenvalue weighted by Gasteiger charge is 2.17. The van der Waals surface area contributed by atoms with Crippen LogP contribution < -0.4 is 0 Å². The van der Waals surface area contributed by atoms with E-state index >= 15 is 0 Å². The summed E-state index contributed by atoms with van der Waals surface area (Å²) in [6, 6.07) is 19.1. The zero-order valence-corrected chi connectivity index (χ0v) is 13.8. The smallest absolute Gasteiger partial charge is 0.117 e. The van der Waals surface area contributed by atoms with Crippen LogP contribution in [0.15, 0.2) is 70.2 Å². The summed E-state index contributed by atoms with van der Waals surface area (Å²) in [7, 11) is 4.23. The van der Waals surface area contributed by atoms with Gasteiger partial charge in [0.15, 0.2) is 0 Å². The number of nitrogens with zero attached hydrogens (tertiary/aromatic N) is 1. The SMILES string of the molecule is CN(C)CCC(Sc1cccc2ccccc12)c1ccco1. The Labute approximate surface area is 136 Å². The van der Waals surface area contributed by atoms with Crippen LogP contribution in [0.2, 0.25) is 0 Å². The highest BCUT2D eigenvalue weighted by Crippen LogP contribution is 2.40. The molecule has 0 saturated carbocycles. The fourth-order valence-electron chi connectivity index (χ4n) is 2.56. The fourth-order valence-corrected chi connectivity index (χ4v) is 3.81. The van der Waals surface area contributed by atoms with E-state index in [0.29, 0.717) is 5.25 Å². The lowest BCUT2D eigenvalue weighted by Gasteiger charge is -2.18. The van der Waals surface area contributed by atoms with Gasteiger partial charge in [0.1, 0.15) is 5.76 Å². The fraction of sp³-hybridized carbons (Fsp3) is 0.263. The van der Waals surface area contributed by atoms with Gasteiger partial charge in [-0.25, -0.2) is 0 Å². The van der Waals surface area contributed by atoms with Crippen LogP contribution in [-0.4, -0.2) is 25.5 Å². The number of hydrogen-bond acceptors (Lipinski definition) is 3. The van der Waals surface area contributed by atoms with Crippen molar-refractivity contribution in [2.75, 3.05) is 20.6 Å². The van der Waals surface area contributed by atoms with Crippen molar-refractivity contribution in [1.82, 2.24) is 4.90 Å². The second-order valence-electron chi connectivity index (χ2n) is 5.69. The van der Waals surface area contributed by atoms with E-state index in [1.165, 1.54) is 15.7 Å².